The van der Waals surface area contributed by atoms with Crippen LogP contribution in [0.3, 0.4) is 0 Å². The number of carboxylic acids is 1. The van der Waals surface area contributed by atoms with Crippen LogP contribution in [-0.2, 0) is 60.8 Å². The maximum atomic E-state index is 13.1. The minimum atomic E-state index is -1.11. The van der Waals surface area contributed by atoms with Crippen molar-refractivity contribution in [2.24, 2.45) is 0 Å². The molecule has 308 valence electrons. The number of methoxy groups -OCH3 is 4. The summed E-state index contributed by atoms with van der Waals surface area (Å²) < 4.78 is 49.2. The highest BCUT2D eigenvalue weighted by atomic mass is 16.7. The Balaban J connectivity index is 1.62. The third-order valence-electron chi connectivity index (χ3n) is 10.2. The maximum absolute atomic E-state index is 13.1. The molecule has 57 heavy (non-hydrogen) atoms. The van der Waals surface area contributed by atoms with Gasteiger partial charge < -0.3 is 48.1 Å². The van der Waals surface area contributed by atoms with Crippen LogP contribution in [-0.4, -0.2) is 75.3 Å². The number of benzene rings is 4. The van der Waals surface area contributed by atoms with Gasteiger partial charge in [0, 0.05) is 24.7 Å². The highest BCUT2D eigenvalue weighted by Crippen LogP contribution is 2.44. The molecule has 2 N–H and O–H groups in total. The third-order valence-corrected chi connectivity index (χ3v) is 10.2. The van der Waals surface area contributed by atoms with Crippen molar-refractivity contribution in [3.63, 3.8) is 0 Å². The van der Waals surface area contributed by atoms with Gasteiger partial charge in [-0.1, -0.05) is 77.9 Å². The van der Waals surface area contributed by atoms with Gasteiger partial charge in [0.15, 0.2) is 6.29 Å². The van der Waals surface area contributed by atoms with E-state index in [0.717, 1.165) is 28.2 Å². The number of aromatic carboxylic acids is 1. The second-order valence-corrected chi connectivity index (χ2v) is 16.3. The van der Waals surface area contributed by atoms with Crippen LogP contribution in [0.25, 0.3) is 0 Å². The summed E-state index contributed by atoms with van der Waals surface area (Å²) >= 11 is 0. The predicted molar refractivity (Wildman–Crippen MR) is 217 cm³/mol. The first kappa shape index (κ1) is 43.5. The highest BCUT2D eigenvalue weighted by Gasteiger charge is 2.49. The molecule has 0 bridgehead atoms. The quantitative estimate of drug-likeness (QED) is 0.114. The van der Waals surface area contributed by atoms with Crippen LogP contribution in [0.4, 0.5) is 0 Å². The average Bonchev–Trinajstić information content (AvgIpc) is 3.18. The monoisotopic (exact) mass is 786 g/mol. The number of phenols is 1. The molecule has 11 heteroatoms. The summed E-state index contributed by atoms with van der Waals surface area (Å²) in [7, 11) is 6.39. The van der Waals surface area contributed by atoms with Gasteiger partial charge in [0.2, 0.25) is 0 Å². The third kappa shape index (κ3) is 10.7. The van der Waals surface area contributed by atoms with Gasteiger partial charge in [-0.3, -0.25) is 0 Å². The van der Waals surface area contributed by atoms with Crippen molar-refractivity contribution in [3.05, 3.63) is 118 Å². The Labute approximate surface area is 336 Å². The summed E-state index contributed by atoms with van der Waals surface area (Å²) in [5.41, 5.74) is 3.10. The molecule has 4 aromatic carbocycles. The van der Waals surface area contributed by atoms with Crippen LogP contribution in [0.1, 0.15) is 85.3 Å². The molecule has 0 saturated carbocycles. The molecular formula is C46H58O11. The second-order valence-electron chi connectivity index (χ2n) is 16.3. The van der Waals surface area contributed by atoms with E-state index in [1.807, 2.05) is 114 Å². The van der Waals surface area contributed by atoms with Gasteiger partial charge in [0.05, 0.1) is 52.8 Å². The van der Waals surface area contributed by atoms with Crippen LogP contribution in [0.15, 0.2) is 78.9 Å². The van der Waals surface area contributed by atoms with Gasteiger partial charge >= 0.3 is 5.97 Å². The lowest BCUT2D eigenvalue weighted by Gasteiger charge is -2.46. The second kappa shape index (κ2) is 18.7. The molecule has 1 aliphatic rings. The van der Waals surface area contributed by atoms with Crippen LogP contribution >= 0.6 is 0 Å². The van der Waals surface area contributed by atoms with Crippen molar-refractivity contribution in [2.75, 3.05) is 28.4 Å². The first-order valence-corrected chi connectivity index (χ1v) is 19.1. The van der Waals surface area contributed by atoms with E-state index in [0.29, 0.717) is 22.4 Å². The fourth-order valence-corrected chi connectivity index (χ4v) is 7.24. The minimum Gasteiger partial charge on any atom is -0.507 e. The largest absolute Gasteiger partial charge is 0.507 e. The summed E-state index contributed by atoms with van der Waals surface area (Å²) in [4.78, 5) is 13.1. The number of carbonyl (C=O) groups is 1. The predicted octanol–water partition coefficient (Wildman–Crippen LogP) is 8.38. The molecule has 0 amide bonds. The molecule has 1 saturated heterocycles. The Bertz CT molecular complexity index is 1910. The Hall–Kier alpha value is -4.65. The number of phenolic OH excluding ortho intramolecular Hbond substituents is 1. The standard InChI is InChI=1S/C46H58O11/c1-45(2,3)36-23-35(43(48)49)34(38(39(36)47)46(4,5)6)24-37-40(54-25-28-11-17-31(50-7)18-12-28)41(55-26-29-13-19-32(51-8)20-14-29)42(44(53-10)57-37)56-27-30-15-21-33(52-9)22-16-30/h11-23,37,40-42,44,47H,24-27H2,1-10H3,(H,48,49). The first-order chi connectivity index (χ1) is 27.1. The van der Waals surface area contributed by atoms with E-state index >= 15 is 0 Å². The average molecular weight is 787 g/mol. The molecule has 1 fully saturated rings. The van der Waals surface area contributed by atoms with Crippen molar-refractivity contribution in [1.29, 1.82) is 0 Å². The van der Waals surface area contributed by atoms with E-state index in [1.54, 1.807) is 27.4 Å². The van der Waals surface area contributed by atoms with Gasteiger partial charge in [-0.15, -0.1) is 0 Å². The molecule has 5 unspecified atom stereocenters. The fraction of sp³-hybridized carbons (Fsp3) is 0.457. The van der Waals surface area contributed by atoms with Crippen molar-refractivity contribution in [3.8, 4) is 23.0 Å². The van der Waals surface area contributed by atoms with Crippen LogP contribution in [0, 0.1) is 0 Å². The van der Waals surface area contributed by atoms with E-state index in [1.165, 1.54) is 7.11 Å². The summed E-state index contributed by atoms with van der Waals surface area (Å²) in [6, 6.07) is 24.3. The molecule has 0 radical (unpaired) electrons. The van der Waals surface area contributed by atoms with E-state index < -0.39 is 47.5 Å². The molecule has 11 nitrogen and oxygen atoms in total. The lowest BCUT2D eigenvalue weighted by molar-refractivity contribution is -0.317. The van der Waals surface area contributed by atoms with Gasteiger partial charge in [0.1, 0.15) is 41.3 Å². The zero-order valence-corrected chi connectivity index (χ0v) is 34.8. The van der Waals surface area contributed by atoms with E-state index in [2.05, 4.69) is 0 Å². The van der Waals surface area contributed by atoms with E-state index in [9.17, 15) is 15.0 Å². The summed E-state index contributed by atoms with van der Waals surface area (Å²) in [6.45, 7) is 12.3. The Morgan fingerprint density at radius 3 is 1.42 bits per heavy atom. The van der Waals surface area contributed by atoms with Gasteiger partial charge in [0.25, 0.3) is 0 Å². The number of carboxylic acid groups (broad SMARTS) is 1. The summed E-state index contributed by atoms with van der Waals surface area (Å²) in [5, 5.41) is 22.7. The minimum absolute atomic E-state index is 0.0625. The summed E-state index contributed by atoms with van der Waals surface area (Å²) in [6.07, 6.45) is -4.06. The van der Waals surface area contributed by atoms with Gasteiger partial charge in [-0.2, -0.15) is 0 Å². The summed E-state index contributed by atoms with van der Waals surface area (Å²) in [5.74, 6) is 1.11. The SMILES string of the molecule is COc1ccc(COC2C(Cc3c(C(=O)O)cc(C(C)(C)C)c(O)c3C(C)(C)C)OC(OC)C(OCc3ccc(OC)cc3)C2OCc2ccc(OC)cc2)cc1. The lowest BCUT2D eigenvalue weighted by atomic mass is 9.74. The Morgan fingerprint density at radius 2 is 1.05 bits per heavy atom. The van der Waals surface area contributed by atoms with Crippen molar-refractivity contribution >= 4 is 5.97 Å². The molecule has 4 aromatic rings. The van der Waals surface area contributed by atoms with Crippen molar-refractivity contribution in [2.45, 2.75) is 109 Å². The first-order valence-electron chi connectivity index (χ1n) is 19.1. The van der Waals surface area contributed by atoms with E-state index in [4.69, 9.17) is 37.9 Å². The van der Waals surface area contributed by atoms with Gasteiger partial charge in [-0.25, -0.2) is 4.79 Å². The zero-order chi connectivity index (χ0) is 41.5. The van der Waals surface area contributed by atoms with Gasteiger partial charge in [-0.05, 0) is 75.5 Å². The van der Waals surface area contributed by atoms with Crippen molar-refractivity contribution in [1.82, 2.24) is 0 Å². The Kier molecular flexibility index (Phi) is 14.3. The number of rotatable bonds is 16. The van der Waals surface area contributed by atoms with Crippen LogP contribution in [0.2, 0.25) is 0 Å². The smallest absolute Gasteiger partial charge is 0.335 e. The highest BCUT2D eigenvalue weighted by molar-refractivity contribution is 5.91. The van der Waals surface area contributed by atoms with Crippen LogP contribution in [0.5, 0.6) is 23.0 Å². The van der Waals surface area contributed by atoms with E-state index in [-0.39, 0.29) is 37.6 Å². The molecule has 0 aromatic heterocycles. The molecule has 5 rings (SSSR count). The molecular weight excluding hydrogens is 728 g/mol. The normalized spacial score (nSPS) is 19.9. The number of aromatic hydroxyl groups is 1. The number of hydrogen-bond acceptors (Lipinski definition) is 10. The van der Waals surface area contributed by atoms with Crippen LogP contribution < -0.4 is 14.2 Å². The van der Waals surface area contributed by atoms with Crippen molar-refractivity contribution < 1.29 is 52.9 Å². The lowest BCUT2D eigenvalue weighted by Crippen LogP contribution is -2.61. The fourth-order valence-electron chi connectivity index (χ4n) is 7.24. The molecule has 0 aliphatic carbocycles. The molecule has 5 atom stereocenters. The Morgan fingerprint density at radius 1 is 0.632 bits per heavy atom. The molecule has 0 spiro atoms. The maximum Gasteiger partial charge on any atom is 0.335 e. The molecule has 1 heterocycles. The topological polar surface area (TPSA) is 131 Å². The zero-order valence-electron chi connectivity index (χ0n) is 34.8. The number of ether oxygens (including phenoxy) is 8. The number of hydrogen-bond donors (Lipinski definition) is 2. The molecule has 1 aliphatic heterocycles.